The normalized spacial score (nSPS) is 13.1. The third-order valence-corrected chi connectivity index (χ3v) is 4.83. The van der Waals surface area contributed by atoms with Crippen LogP contribution in [0.4, 0.5) is 0 Å². The molecule has 1 rings (SSSR count). The average molecular weight is 385 g/mol. The van der Waals surface area contributed by atoms with Crippen molar-refractivity contribution in [3.8, 4) is 5.75 Å². The lowest BCUT2D eigenvalue weighted by atomic mass is 9.85. The van der Waals surface area contributed by atoms with Crippen molar-refractivity contribution < 1.29 is 14.3 Å². The van der Waals surface area contributed by atoms with Crippen molar-refractivity contribution in [1.82, 2.24) is 0 Å². The molecule has 0 saturated heterocycles. The van der Waals surface area contributed by atoms with Crippen LogP contribution >= 0.6 is 15.9 Å². The van der Waals surface area contributed by atoms with Gasteiger partial charge in [-0.05, 0) is 63.3 Å². The second-order valence-electron chi connectivity index (χ2n) is 7.10. The predicted molar refractivity (Wildman–Crippen MR) is 97.9 cm³/mol. The van der Waals surface area contributed by atoms with Gasteiger partial charge < -0.3 is 9.47 Å². The fourth-order valence-electron chi connectivity index (χ4n) is 2.34. The Labute approximate surface area is 148 Å². The number of ether oxygens (including phenoxy) is 2. The van der Waals surface area contributed by atoms with E-state index in [1.165, 1.54) is 0 Å². The molecule has 0 amide bonds. The summed E-state index contributed by atoms with van der Waals surface area (Å²) in [4.78, 5) is 12.5. The van der Waals surface area contributed by atoms with Crippen LogP contribution in [0.5, 0.6) is 5.75 Å². The number of halogens is 1. The molecule has 1 aromatic rings. The summed E-state index contributed by atoms with van der Waals surface area (Å²) in [5, 5.41) is 0. The van der Waals surface area contributed by atoms with Gasteiger partial charge in [0.15, 0.2) is 0 Å². The largest absolute Gasteiger partial charge is 0.489 e. The van der Waals surface area contributed by atoms with E-state index in [0.717, 1.165) is 27.8 Å². The number of benzene rings is 1. The Morgan fingerprint density at radius 2 is 1.83 bits per heavy atom. The quantitative estimate of drug-likeness (QED) is 0.586. The topological polar surface area (TPSA) is 35.5 Å². The lowest BCUT2D eigenvalue weighted by Crippen LogP contribution is -2.42. The van der Waals surface area contributed by atoms with Crippen molar-refractivity contribution in [3.63, 3.8) is 0 Å². The monoisotopic (exact) mass is 384 g/mol. The fraction of sp³-hybridized carbons (Fsp3) is 0.632. The second-order valence-corrected chi connectivity index (χ2v) is 7.95. The molecule has 130 valence electrons. The van der Waals surface area contributed by atoms with E-state index in [-0.39, 0.29) is 12.1 Å². The molecule has 23 heavy (non-hydrogen) atoms. The van der Waals surface area contributed by atoms with Gasteiger partial charge >= 0.3 is 5.97 Å². The van der Waals surface area contributed by atoms with Gasteiger partial charge in [-0.3, -0.25) is 4.79 Å². The van der Waals surface area contributed by atoms with E-state index in [1.807, 2.05) is 60.6 Å². The van der Waals surface area contributed by atoms with E-state index in [2.05, 4.69) is 15.9 Å². The zero-order valence-corrected chi connectivity index (χ0v) is 16.9. The van der Waals surface area contributed by atoms with E-state index in [4.69, 9.17) is 9.47 Å². The van der Waals surface area contributed by atoms with Crippen molar-refractivity contribution in [2.45, 2.75) is 61.0 Å². The first-order valence-corrected chi connectivity index (χ1v) is 8.99. The van der Waals surface area contributed by atoms with Crippen LogP contribution in [0.2, 0.25) is 0 Å². The van der Waals surface area contributed by atoms with Crippen molar-refractivity contribution in [3.05, 3.63) is 27.7 Å². The molecule has 3 nitrogen and oxygen atoms in total. The number of aryl methyl sites for hydroxylation is 2. The SMILES string of the molecule is CCC(Oc1cc(C)c(Br)cc1C)C(C)(C)C(=O)OCC(C)C. The van der Waals surface area contributed by atoms with Crippen molar-refractivity contribution in [1.29, 1.82) is 0 Å². The Kier molecular flexibility index (Phi) is 7.12. The van der Waals surface area contributed by atoms with Crippen LogP contribution in [0, 0.1) is 25.2 Å². The molecule has 4 heteroatoms. The number of hydrogen-bond donors (Lipinski definition) is 0. The molecule has 0 heterocycles. The molecule has 0 aliphatic rings. The zero-order valence-electron chi connectivity index (χ0n) is 15.3. The van der Waals surface area contributed by atoms with Crippen molar-refractivity contribution in [2.24, 2.45) is 11.3 Å². The Bertz CT molecular complexity index is 550. The minimum Gasteiger partial charge on any atom is -0.489 e. The molecule has 0 bridgehead atoms. The molecule has 0 N–H and O–H groups in total. The number of esters is 1. The second kappa shape index (κ2) is 8.18. The maximum absolute atomic E-state index is 12.5. The van der Waals surface area contributed by atoms with Gasteiger partial charge in [0.05, 0.1) is 12.0 Å². The number of hydrogen-bond acceptors (Lipinski definition) is 3. The first-order chi connectivity index (χ1) is 10.6. The highest BCUT2D eigenvalue weighted by atomic mass is 79.9. The fourth-order valence-corrected chi connectivity index (χ4v) is 2.79. The molecular weight excluding hydrogens is 356 g/mol. The first-order valence-electron chi connectivity index (χ1n) is 8.20. The van der Waals surface area contributed by atoms with Crippen LogP contribution in [-0.4, -0.2) is 18.7 Å². The molecule has 1 aromatic carbocycles. The summed E-state index contributed by atoms with van der Waals surface area (Å²) in [7, 11) is 0. The van der Waals surface area contributed by atoms with Crippen LogP contribution < -0.4 is 4.74 Å². The van der Waals surface area contributed by atoms with Gasteiger partial charge in [-0.25, -0.2) is 0 Å². The molecule has 0 aliphatic carbocycles. The summed E-state index contributed by atoms with van der Waals surface area (Å²) in [5.74, 6) is 0.943. The van der Waals surface area contributed by atoms with Crippen LogP contribution in [0.1, 0.15) is 52.2 Å². The lowest BCUT2D eigenvalue weighted by Gasteiger charge is -2.32. The molecule has 0 spiro atoms. The highest BCUT2D eigenvalue weighted by molar-refractivity contribution is 9.10. The minimum absolute atomic E-state index is 0.204. The lowest BCUT2D eigenvalue weighted by molar-refractivity contribution is -0.160. The zero-order chi connectivity index (χ0) is 17.8. The maximum Gasteiger partial charge on any atom is 0.315 e. The van der Waals surface area contributed by atoms with Gasteiger partial charge in [0, 0.05) is 4.47 Å². The van der Waals surface area contributed by atoms with Crippen LogP contribution in [0.3, 0.4) is 0 Å². The molecule has 1 atom stereocenters. The minimum atomic E-state index is -0.697. The Balaban J connectivity index is 2.95. The summed E-state index contributed by atoms with van der Waals surface area (Å²) in [6.07, 6.45) is 0.500. The molecule has 0 radical (unpaired) electrons. The molecular formula is C19H29BrO3. The molecule has 0 fully saturated rings. The number of carbonyl (C=O) groups is 1. The van der Waals surface area contributed by atoms with Crippen LogP contribution in [0.15, 0.2) is 16.6 Å². The first kappa shape index (κ1) is 20.0. The molecule has 0 aromatic heterocycles. The number of rotatable bonds is 7. The van der Waals surface area contributed by atoms with Gasteiger partial charge in [0.2, 0.25) is 0 Å². The summed E-state index contributed by atoms with van der Waals surface area (Å²) >= 11 is 3.53. The van der Waals surface area contributed by atoms with Crippen LogP contribution in [0.25, 0.3) is 0 Å². The van der Waals surface area contributed by atoms with Crippen LogP contribution in [-0.2, 0) is 9.53 Å². The van der Waals surface area contributed by atoms with Gasteiger partial charge in [-0.2, -0.15) is 0 Å². The van der Waals surface area contributed by atoms with E-state index in [0.29, 0.717) is 12.5 Å². The van der Waals surface area contributed by atoms with E-state index >= 15 is 0 Å². The van der Waals surface area contributed by atoms with E-state index in [9.17, 15) is 4.79 Å². The summed E-state index contributed by atoms with van der Waals surface area (Å²) in [6, 6.07) is 4.05. The summed E-state index contributed by atoms with van der Waals surface area (Å²) in [5.41, 5.74) is 1.46. The molecule has 0 saturated carbocycles. The van der Waals surface area contributed by atoms with Gasteiger partial charge in [-0.15, -0.1) is 0 Å². The van der Waals surface area contributed by atoms with E-state index in [1.54, 1.807) is 0 Å². The third kappa shape index (κ3) is 5.23. The van der Waals surface area contributed by atoms with E-state index < -0.39 is 5.41 Å². The third-order valence-electron chi connectivity index (χ3n) is 3.98. The Morgan fingerprint density at radius 1 is 1.22 bits per heavy atom. The van der Waals surface area contributed by atoms with Crippen molar-refractivity contribution in [2.75, 3.05) is 6.61 Å². The summed E-state index contributed by atoms with van der Waals surface area (Å²) in [6.45, 7) is 14.4. The van der Waals surface area contributed by atoms with Gasteiger partial charge in [0.1, 0.15) is 11.9 Å². The highest BCUT2D eigenvalue weighted by Crippen LogP contribution is 2.33. The Hall–Kier alpha value is -1.03. The van der Waals surface area contributed by atoms with Gasteiger partial charge in [-0.1, -0.05) is 36.7 Å². The summed E-state index contributed by atoms with van der Waals surface area (Å²) < 4.78 is 12.7. The predicted octanol–water partition coefficient (Wildman–Crippen LogP) is 5.45. The van der Waals surface area contributed by atoms with Gasteiger partial charge in [0.25, 0.3) is 0 Å². The Morgan fingerprint density at radius 3 is 2.35 bits per heavy atom. The highest BCUT2D eigenvalue weighted by Gasteiger charge is 2.39. The smallest absolute Gasteiger partial charge is 0.315 e. The molecule has 0 aliphatic heterocycles. The average Bonchev–Trinajstić information content (AvgIpc) is 2.46. The molecule has 1 unspecified atom stereocenters. The van der Waals surface area contributed by atoms with Crippen molar-refractivity contribution >= 4 is 21.9 Å². The number of carbonyl (C=O) groups excluding carboxylic acids is 1. The maximum atomic E-state index is 12.5. The standard InChI is InChI=1S/C19H29BrO3/c1-8-17(19(6,7)18(21)22-11-12(2)3)23-16-10-13(4)15(20)9-14(16)5/h9-10,12,17H,8,11H2,1-7H3.